The molecule has 0 bridgehead atoms. The fourth-order valence-corrected chi connectivity index (χ4v) is 0.0952. The van der Waals surface area contributed by atoms with E-state index >= 15 is 0 Å². The van der Waals surface area contributed by atoms with Crippen LogP contribution in [0.3, 0.4) is 0 Å². The van der Waals surface area contributed by atoms with Gasteiger partial charge in [0.15, 0.2) is 5.63 Å². The van der Waals surface area contributed by atoms with Crippen molar-refractivity contribution in [1.82, 2.24) is 0 Å². The molecule has 1 atom stereocenters. The van der Waals surface area contributed by atoms with Crippen LogP contribution in [0.5, 0.6) is 0 Å². The van der Waals surface area contributed by atoms with E-state index in [2.05, 4.69) is 0 Å². The Bertz CT molecular complexity index is 77.8. The second-order valence-electron chi connectivity index (χ2n) is 1.15. The molecule has 0 heterocycles. The molecule has 0 aromatic carbocycles. The predicted octanol–water partition coefficient (Wildman–Crippen LogP) is 2.39. The summed E-state index contributed by atoms with van der Waals surface area (Å²) in [6.45, 7) is 1.28. The second-order valence-corrected chi connectivity index (χ2v) is 1.54. The number of rotatable bonds is 1. The van der Waals surface area contributed by atoms with Crippen LogP contribution < -0.4 is 0 Å². The maximum absolute atomic E-state index is 11.6. The van der Waals surface area contributed by atoms with E-state index in [9.17, 15) is 8.78 Å². The standard InChI is InChI=1S/C4H5ClF2/c1-3(2-6)4(5)7/h2,4H,1H3. The molecule has 0 amide bonds. The van der Waals surface area contributed by atoms with Crippen molar-refractivity contribution in [3.63, 3.8) is 0 Å². The quantitative estimate of drug-likeness (QED) is 0.474. The molecule has 0 spiro atoms. The average molecular weight is 127 g/mol. The van der Waals surface area contributed by atoms with Crippen molar-refractivity contribution in [3.8, 4) is 0 Å². The molecule has 0 radical (unpaired) electrons. The molecule has 1 unspecified atom stereocenters. The number of halogens is 3. The monoisotopic (exact) mass is 126 g/mol. The maximum atomic E-state index is 11.6. The minimum absolute atomic E-state index is 0.0957. The van der Waals surface area contributed by atoms with Gasteiger partial charge in [0.25, 0.3) is 0 Å². The Morgan fingerprint density at radius 1 is 1.86 bits per heavy atom. The maximum Gasteiger partial charge on any atom is 0.197 e. The van der Waals surface area contributed by atoms with Gasteiger partial charge in [0, 0.05) is 5.57 Å². The zero-order chi connectivity index (χ0) is 5.86. The molecule has 0 saturated heterocycles. The highest BCUT2D eigenvalue weighted by atomic mass is 35.5. The second kappa shape index (κ2) is 2.97. The molecule has 42 valence electrons. The van der Waals surface area contributed by atoms with Gasteiger partial charge in [0.2, 0.25) is 0 Å². The summed E-state index contributed by atoms with van der Waals surface area (Å²) < 4.78 is 22.7. The van der Waals surface area contributed by atoms with Gasteiger partial charge in [-0.1, -0.05) is 11.6 Å². The average Bonchev–Trinajstić information content (AvgIpc) is 1.65. The lowest BCUT2D eigenvalue weighted by atomic mass is 10.4. The summed E-state index contributed by atoms with van der Waals surface area (Å²) in [6.07, 6.45) is 0.150. The van der Waals surface area contributed by atoms with Crippen molar-refractivity contribution >= 4 is 11.6 Å². The van der Waals surface area contributed by atoms with Crippen molar-refractivity contribution in [2.24, 2.45) is 0 Å². The highest BCUT2D eigenvalue weighted by molar-refractivity contribution is 6.21. The summed E-state index contributed by atoms with van der Waals surface area (Å²) in [6, 6.07) is 0. The normalized spacial score (nSPS) is 16.9. The molecule has 0 rings (SSSR count). The minimum atomic E-state index is -1.68. The van der Waals surface area contributed by atoms with Gasteiger partial charge in [0.1, 0.15) is 0 Å². The van der Waals surface area contributed by atoms with E-state index in [1.807, 2.05) is 0 Å². The van der Waals surface area contributed by atoms with Gasteiger partial charge >= 0.3 is 0 Å². The molecule has 0 aromatic rings. The van der Waals surface area contributed by atoms with E-state index in [-0.39, 0.29) is 11.9 Å². The van der Waals surface area contributed by atoms with Crippen LogP contribution in [0.2, 0.25) is 0 Å². The topological polar surface area (TPSA) is 0 Å². The minimum Gasteiger partial charge on any atom is -0.225 e. The van der Waals surface area contributed by atoms with E-state index in [0.717, 1.165) is 0 Å². The first-order valence-corrected chi connectivity index (χ1v) is 2.17. The van der Waals surface area contributed by atoms with Gasteiger partial charge in [-0.3, -0.25) is 0 Å². The first-order chi connectivity index (χ1) is 3.18. The third kappa shape index (κ3) is 2.57. The van der Waals surface area contributed by atoms with Crippen LogP contribution in [-0.4, -0.2) is 5.63 Å². The van der Waals surface area contributed by atoms with Crippen LogP contribution >= 0.6 is 11.6 Å². The van der Waals surface area contributed by atoms with Gasteiger partial charge in [-0.25, -0.2) is 8.78 Å². The van der Waals surface area contributed by atoms with Crippen LogP contribution in [0.4, 0.5) is 8.78 Å². The van der Waals surface area contributed by atoms with Crippen LogP contribution in [0.1, 0.15) is 6.92 Å². The van der Waals surface area contributed by atoms with E-state index in [1.165, 1.54) is 6.92 Å². The van der Waals surface area contributed by atoms with Gasteiger partial charge < -0.3 is 0 Å². The highest BCUT2D eigenvalue weighted by Gasteiger charge is 2.00. The van der Waals surface area contributed by atoms with Crippen molar-refractivity contribution in [2.75, 3.05) is 0 Å². The van der Waals surface area contributed by atoms with Crippen LogP contribution in [0, 0.1) is 0 Å². The fraction of sp³-hybridized carbons (Fsp3) is 0.500. The van der Waals surface area contributed by atoms with Gasteiger partial charge in [-0.15, -0.1) is 0 Å². The van der Waals surface area contributed by atoms with Crippen molar-refractivity contribution in [1.29, 1.82) is 0 Å². The van der Waals surface area contributed by atoms with Gasteiger partial charge in [0.05, 0.1) is 6.33 Å². The van der Waals surface area contributed by atoms with E-state index < -0.39 is 5.63 Å². The van der Waals surface area contributed by atoms with Gasteiger partial charge in [-0.05, 0) is 6.92 Å². The summed E-state index contributed by atoms with van der Waals surface area (Å²) in [5.74, 6) is 0. The summed E-state index contributed by atoms with van der Waals surface area (Å²) in [7, 11) is 0. The lowest BCUT2D eigenvalue weighted by Crippen LogP contribution is -1.86. The van der Waals surface area contributed by atoms with Crippen molar-refractivity contribution < 1.29 is 8.78 Å². The lowest BCUT2D eigenvalue weighted by molar-refractivity contribution is 0.485. The summed E-state index contributed by atoms with van der Waals surface area (Å²) in [5.41, 5.74) is -1.77. The molecule has 0 N–H and O–H groups in total. The lowest BCUT2D eigenvalue weighted by Gasteiger charge is -1.91. The molecule has 7 heavy (non-hydrogen) atoms. The Labute approximate surface area is 45.8 Å². The fourth-order valence-electron chi connectivity index (χ4n) is 0.0476. The molecular formula is C4H5ClF2. The molecule has 0 nitrogen and oxygen atoms in total. The molecule has 0 aliphatic carbocycles. The molecule has 0 saturated carbocycles. The number of hydrogen-bond donors (Lipinski definition) is 0. The Kier molecular flexibility index (Phi) is 2.92. The summed E-state index contributed by atoms with van der Waals surface area (Å²) >= 11 is 4.75. The highest BCUT2D eigenvalue weighted by Crippen LogP contribution is 2.09. The zero-order valence-corrected chi connectivity index (χ0v) is 4.54. The molecule has 0 aliphatic heterocycles. The van der Waals surface area contributed by atoms with E-state index in [0.29, 0.717) is 0 Å². The molecule has 0 aliphatic rings. The largest absolute Gasteiger partial charge is 0.225 e. The number of allylic oxidation sites excluding steroid dienone is 1. The van der Waals surface area contributed by atoms with Gasteiger partial charge in [-0.2, -0.15) is 0 Å². The molecular weight excluding hydrogens is 121 g/mol. The van der Waals surface area contributed by atoms with E-state index in [1.54, 1.807) is 0 Å². The Hall–Kier alpha value is -0.110. The third-order valence-electron chi connectivity index (χ3n) is 0.516. The number of hydrogen-bond acceptors (Lipinski definition) is 0. The molecule has 0 aromatic heterocycles. The van der Waals surface area contributed by atoms with Crippen LogP contribution in [0.25, 0.3) is 0 Å². The zero-order valence-electron chi connectivity index (χ0n) is 3.79. The first-order valence-electron chi connectivity index (χ1n) is 1.73. The first kappa shape index (κ1) is 6.89. The van der Waals surface area contributed by atoms with Crippen LogP contribution in [-0.2, 0) is 0 Å². The molecule has 3 heteroatoms. The van der Waals surface area contributed by atoms with Crippen LogP contribution in [0.15, 0.2) is 11.9 Å². The number of alkyl halides is 2. The Balaban J connectivity index is 3.56. The third-order valence-corrected chi connectivity index (χ3v) is 0.861. The molecule has 0 fully saturated rings. The van der Waals surface area contributed by atoms with E-state index in [4.69, 9.17) is 11.6 Å². The van der Waals surface area contributed by atoms with Crippen molar-refractivity contribution in [3.05, 3.63) is 11.9 Å². The predicted molar refractivity (Wildman–Crippen MR) is 25.6 cm³/mol. The summed E-state index contributed by atoms with van der Waals surface area (Å²) in [4.78, 5) is 0. The van der Waals surface area contributed by atoms with Crippen molar-refractivity contribution in [2.45, 2.75) is 12.6 Å². The Morgan fingerprint density at radius 3 is 2.29 bits per heavy atom. The smallest absolute Gasteiger partial charge is 0.197 e. The SMILES string of the molecule is CC(=CF)C(F)Cl. The Morgan fingerprint density at radius 2 is 2.29 bits per heavy atom. The summed E-state index contributed by atoms with van der Waals surface area (Å²) in [5, 5.41) is 0.